The first-order chi connectivity index (χ1) is 14.0. The molecule has 3 aromatic rings. The van der Waals surface area contributed by atoms with Crippen molar-refractivity contribution in [1.82, 2.24) is 0 Å². The normalized spacial score (nSPS) is 11.6. The van der Waals surface area contributed by atoms with Crippen LogP contribution in [0.25, 0.3) is 28.3 Å². The van der Waals surface area contributed by atoms with Gasteiger partial charge in [-0.15, -0.1) is 0 Å². The summed E-state index contributed by atoms with van der Waals surface area (Å²) < 4.78 is 10.6. The summed E-state index contributed by atoms with van der Waals surface area (Å²) in [6.07, 6.45) is 3.58. The third-order valence-electron chi connectivity index (χ3n) is 4.76. The predicted octanol–water partition coefficient (Wildman–Crippen LogP) is 5.97. The van der Waals surface area contributed by atoms with E-state index in [0.717, 1.165) is 16.7 Å². The first kappa shape index (κ1) is 20.8. The second-order valence-corrected chi connectivity index (χ2v) is 11.7. The molecule has 3 rings (SSSR count). The molecule has 0 saturated carbocycles. The average Bonchev–Trinajstić information content (AvgIpc) is 2.77. The first-order valence-corrected chi connectivity index (χ1v) is 12.7. The molecule has 0 atom stereocenters. The summed E-state index contributed by atoms with van der Waals surface area (Å²) in [7, 11) is -0.237. The van der Waals surface area contributed by atoms with Gasteiger partial charge in [0.1, 0.15) is 6.23 Å². The van der Waals surface area contributed by atoms with Crippen LogP contribution in [0.2, 0.25) is 13.1 Å². The highest BCUT2D eigenvalue weighted by Crippen LogP contribution is 2.25. The average molecular weight is 403 g/mol. The number of ether oxygens (including phenoxy) is 1. The fourth-order valence-electron chi connectivity index (χ4n) is 2.79. The lowest BCUT2D eigenvalue weighted by Crippen LogP contribution is -2.36. The van der Waals surface area contributed by atoms with Crippen LogP contribution < -0.4 is 0 Å². The molecule has 0 aromatic heterocycles. The number of esters is 1. The Balaban J connectivity index is 1.62. The zero-order valence-electron chi connectivity index (χ0n) is 17.1. The summed E-state index contributed by atoms with van der Waals surface area (Å²) in [6.45, 7) is 4.02. The smallest absolute Gasteiger partial charge is 0.330 e. The number of hydrogen-bond acceptors (Lipinski definition) is 3. The topological polar surface area (TPSA) is 35.5 Å². The minimum Gasteiger partial charge on any atom is -0.463 e. The monoisotopic (exact) mass is 402 g/mol. The number of hydrogen-bond donors (Lipinski definition) is 0. The second-order valence-electron chi connectivity index (χ2n) is 7.47. The van der Waals surface area contributed by atoms with Crippen molar-refractivity contribution in [1.29, 1.82) is 0 Å². The van der Waals surface area contributed by atoms with E-state index in [1.165, 1.54) is 17.2 Å². The number of benzene rings is 3. The molecule has 29 heavy (non-hydrogen) atoms. The van der Waals surface area contributed by atoms with Crippen LogP contribution in [0.15, 0.2) is 84.9 Å². The molecule has 0 amide bonds. The molecule has 0 bridgehead atoms. The van der Waals surface area contributed by atoms with Crippen LogP contribution in [0.5, 0.6) is 0 Å². The highest BCUT2D eigenvalue weighted by atomic mass is 28.4. The number of carbonyl (C=O) groups excluding carboxylic acids is 1. The minimum absolute atomic E-state index is 0.344. The number of rotatable bonds is 7. The molecule has 3 nitrogen and oxygen atoms in total. The molecular weight excluding hydrogens is 376 g/mol. The first-order valence-electron chi connectivity index (χ1n) is 9.63. The van der Waals surface area contributed by atoms with E-state index in [0.29, 0.717) is 6.23 Å². The molecule has 0 aliphatic carbocycles. The molecule has 0 heterocycles. The molecule has 0 spiro atoms. The Morgan fingerprint density at radius 1 is 0.793 bits per heavy atom. The van der Waals surface area contributed by atoms with Crippen LogP contribution in [-0.2, 0) is 14.0 Å². The van der Waals surface area contributed by atoms with E-state index in [2.05, 4.69) is 48.5 Å². The Morgan fingerprint density at radius 2 is 1.28 bits per heavy atom. The van der Waals surface area contributed by atoms with Gasteiger partial charge in [-0.2, -0.15) is 0 Å². The van der Waals surface area contributed by atoms with Crippen molar-refractivity contribution in [3.63, 3.8) is 0 Å². The predicted molar refractivity (Wildman–Crippen MR) is 122 cm³/mol. The molecule has 0 N–H and O–H groups in total. The van der Waals surface area contributed by atoms with Crippen LogP contribution in [0, 0.1) is 0 Å². The number of carbonyl (C=O) groups is 1. The van der Waals surface area contributed by atoms with Crippen LogP contribution in [-0.4, -0.2) is 27.6 Å². The van der Waals surface area contributed by atoms with Gasteiger partial charge in [0.05, 0.1) is 0 Å². The quantitative estimate of drug-likeness (QED) is 0.277. The molecule has 4 heteroatoms. The Morgan fingerprint density at radius 3 is 1.79 bits per heavy atom. The van der Waals surface area contributed by atoms with Crippen molar-refractivity contribution < 1.29 is 14.0 Å². The van der Waals surface area contributed by atoms with Gasteiger partial charge in [0.25, 0.3) is 0 Å². The van der Waals surface area contributed by atoms with Crippen LogP contribution >= 0.6 is 0 Å². The van der Waals surface area contributed by atoms with E-state index >= 15 is 0 Å². The van der Waals surface area contributed by atoms with Crippen molar-refractivity contribution in [3.05, 3.63) is 90.5 Å². The summed E-state index contributed by atoms with van der Waals surface area (Å²) >= 11 is 0. The molecule has 0 radical (unpaired) electrons. The zero-order chi connectivity index (χ0) is 20.7. The summed E-state index contributed by atoms with van der Waals surface area (Å²) in [6, 6.07) is 27.0. The Bertz CT molecular complexity index is 959. The van der Waals surface area contributed by atoms with Gasteiger partial charge in [-0.1, -0.05) is 78.9 Å². The molecular formula is C25H26O3Si. The lowest BCUT2D eigenvalue weighted by atomic mass is 9.99. The fraction of sp³-hybridized carbons (Fsp3) is 0.160. The molecule has 0 unspecified atom stereocenters. The van der Waals surface area contributed by atoms with E-state index in [9.17, 15) is 4.79 Å². The van der Waals surface area contributed by atoms with Crippen LogP contribution in [0.3, 0.4) is 0 Å². The van der Waals surface area contributed by atoms with Gasteiger partial charge in [0, 0.05) is 13.2 Å². The summed E-state index contributed by atoms with van der Waals surface area (Å²) in [5.41, 5.74) is 5.66. The molecule has 0 fully saturated rings. The largest absolute Gasteiger partial charge is 0.463 e. The van der Waals surface area contributed by atoms with E-state index in [1.807, 2.05) is 43.4 Å². The maximum Gasteiger partial charge on any atom is 0.330 e. The van der Waals surface area contributed by atoms with E-state index < -0.39 is 8.32 Å². The molecule has 0 saturated heterocycles. The third-order valence-corrected chi connectivity index (χ3v) is 6.71. The Kier molecular flexibility index (Phi) is 6.80. The van der Waals surface area contributed by atoms with Crippen molar-refractivity contribution >= 4 is 20.4 Å². The van der Waals surface area contributed by atoms with Crippen molar-refractivity contribution in [2.75, 3.05) is 13.3 Å². The van der Waals surface area contributed by atoms with Crippen molar-refractivity contribution in [3.8, 4) is 22.3 Å². The lowest BCUT2D eigenvalue weighted by Gasteiger charge is -2.18. The van der Waals surface area contributed by atoms with Crippen molar-refractivity contribution in [2.45, 2.75) is 13.1 Å². The highest BCUT2D eigenvalue weighted by Gasteiger charge is 2.22. The maximum atomic E-state index is 11.9. The lowest BCUT2D eigenvalue weighted by molar-refractivity contribution is -0.136. The maximum absolute atomic E-state index is 11.9. The standard InChI is InChI=1S/C25H26O3Si/c1-27-29(2,3)19-28-25(26)18-11-20-9-12-22(13-10-20)24-16-14-23(15-17-24)21-7-5-4-6-8-21/h4-18H,19H2,1-3H3. The van der Waals surface area contributed by atoms with Gasteiger partial charge in [0.2, 0.25) is 8.32 Å². The van der Waals surface area contributed by atoms with Gasteiger partial charge in [-0.05, 0) is 47.0 Å². The second kappa shape index (κ2) is 9.50. The molecule has 148 valence electrons. The zero-order valence-corrected chi connectivity index (χ0v) is 18.1. The van der Waals surface area contributed by atoms with Gasteiger partial charge >= 0.3 is 5.97 Å². The molecule has 3 aromatic carbocycles. The Hall–Kier alpha value is -2.95. The minimum atomic E-state index is -1.90. The fourth-order valence-corrected chi connectivity index (χ4v) is 3.40. The van der Waals surface area contributed by atoms with Gasteiger partial charge in [0.15, 0.2) is 0 Å². The van der Waals surface area contributed by atoms with E-state index in [4.69, 9.17) is 9.16 Å². The van der Waals surface area contributed by atoms with Gasteiger partial charge in [-0.3, -0.25) is 0 Å². The van der Waals surface area contributed by atoms with E-state index in [1.54, 1.807) is 13.2 Å². The summed E-state index contributed by atoms with van der Waals surface area (Å²) in [4.78, 5) is 11.9. The highest BCUT2D eigenvalue weighted by molar-refractivity contribution is 6.71. The van der Waals surface area contributed by atoms with E-state index in [-0.39, 0.29) is 5.97 Å². The van der Waals surface area contributed by atoms with Gasteiger partial charge < -0.3 is 9.16 Å². The van der Waals surface area contributed by atoms with Gasteiger partial charge in [-0.25, -0.2) is 4.79 Å². The Labute approximate surface area is 173 Å². The van der Waals surface area contributed by atoms with Crippen molar-refractivity contribution in [2.24, 2.45) is 0 Å². The van der Waals surface area contributed by atoms with Crippen LogP contribution in [0.4, 0.5) is 0 Å². The summed E-state index contributed by atoms with van der Waals surface area (Å²) in [5.74, 6) is -0.344. The molecule has 0 aliphatic rings. The third kappa shape index (κ3) is 6.01. The molecule has 0 aliphatic heterocycles. The van der Waals surface area contributed by atoms with Crippen LogP contribution in [0.1, 0.15) is 5.56 Å². The SMILES string of the molecule is CO[Si](C)(C)COC(=O)C=Cc1ccc(-c2ccc(-c3ccccc3)cc2)cc1. The summed E-state index contributed by atoms with van der Waals surface area (Å²) in [5, 5.41) is 0.